The summed E-state index contributed by atoms with van der Waals surface area (Å²) in [5.74, 6) is 0. The zero-order chi connectivity index (χ0) is 19.1. The molecule has 1 N–H and O–H groups in total. The molecule has 1 saturated heterocycles. The highest BCUT2D eigenvalue weighted by atomic mass is 16.5. The SMILES string of the molecule is CC[C@@H](NC(=O)N1CCC(OCc2cccnc2)CC1)c1cc(C)ccn1. The van der Waals surface area contributed by atoms with Crippen molar-refractivity contribution in [1.82, 2.24) is 20.2 Å². The topological polar surface area (TPSA) is 67.4 Å². The van der Waals surface area contributed by atoms with Crippen LogP contribution in [0.25, 0.3) is 0 Å². The Balaban J connectivity index is 1.46. The van der Waals surface area contributed by atoms with Crippen LogP contribution in [-0.2, 0) is 11.3 Å². The van der Waals surface area contributed by atoms with Crippen LogP contribution in [0.5, 0.6) is 0 Å². The van der Waals surface area contributed by atoms with Crippen LogP contribution in [0.1, 0.15) is 49.0 Å². The van der Waals surface area contributed by atoms with E-state index in [1.165, 1.54) is 0 Å². The van der Waals surface area contributed by atoms with Crippen molar-refractivity contribution in [3.8, 4) is 0 Å². The molecule has 0 radical (unpaired) electrons. The van der Waals surface area contributed by atoms with E-state index < -0.39 is 0 Å². The zero-order valence-electron chi connectivity index (χ0n) is 16.1. The largest absolute Gasteiger partial charge is 0.373 e. The van der Waals surface area contributed by atoms with E-state index >= 15 is 0 Å². The van der Waals surface area contributed by atoms with Crippen molar-refractivity contribution in [2.45, 2.75) is 51.9 Å². The molecular weight excluding hydrogens is 340 g/mol. The Hall–Kier alpha value is -2.47. The van der Waals surface area contributed by atoms with Crippen LogP contribution in [0, 0.1) is 6.92 Å². The Labute approximate surface area is 161 Å². The summed E-state index contributed by atoms with van der Waals surface area (Å²) >= 11 is 0. The van der Waals surface area contributed by atoms with Gasteiger partial charge in [0.05, 0.1) is 24.4 Å². The van der Waals surface area contributed by atoms with E-state index in [4.69, 9.17) is 4.74 Å². The summed E-state index contributed by atoms with van der Waals surface area (Å²) in [5, 5.41) is 3.13. The number of pyridine rings is 2. The van der Waals surface area contributed by atoms with E-state index in [9.17, 15) is 4.79 Å². The first-order chi connectivity index (χ1) is 13.2. The molecule has 2 amide bonds. The fraction of sp³-hybridized carbons (Fsp3) is 0.476. The summed E-state index contributed by atoms with van der Waals surface area (Å²) in [6.45, 7) is 6.09. The Bertz CT molecular complexity index is 730. The summed E-state index contributed by atoms with van der Waals surface area (Å²) < 4.78 is 5.97. The van der Waals surface area contributed by atoms with Crippen molar-refractivity contribution in [2.75, 3.05) is 13.1 Å². The number of aryl methyl sites for hydroxylation is 1. The first-order valence-electron chi connectivity index (χ1n) is 9.64. The van der Waals surface area contributed by atoms with Crippen LogP contribution in [0.2, 0.25) is 0 Å². The Morgan fingerprint density at radius 1 is 1.33 bits per heavy atom. The minimum atomic E-state index is -0.0584. The molecule has 2 aromatic heterocycles. The second kappa shape index (κ2) is 9.46. The van der Waals surface area contributed by atoms with E-state index in [1.54, 1.807) is 12.4 Å². The molecule has 1 aliphatic heterocycles. The van der Waals surface area contributed by atoms with Crippen LogP contribution in [0.15, 0.2) is 42.9 Å². The highest BCUT2D eigenvalue weighted by Crippen LogP contribution is 2.19. The van der Waals surface area contributed by atoms with Crippen LogP contribution in [-0.4, -0.2) is 40.1 Å². The number of carbonyl (C=O) groups is 1. The molecule has 27 heavy (non-hydrogen) atoms. The second-order valence-electron chi connectivity index (χ2n) is 7.03. The van der Waals surface area contributed by atoms with E-state index in [0.717, 1.165) is 36.1 Å². The maximum atomic E-state index is 12.6. The van der Waals surface area contributed by atoms with E-state index in [1.807, 2.05) is 42.3 Å². The number of nitrogens with zero attached hydrogens (tertiary/aromatic N) is 3. The number of ether oxygens (including phenoxy) is 1. The maximum absolute atomic E-state index is 12.6. The van der Waals surface area contributed by atoms with Gasteiger partial charge >= 0.3 is 6.03 Å². The maximum Gasteiger partial charge on any atom is 0.317 e. The van der Waals surface area contributed by atoms with Gasteiger partial charge < -0.3 is 15.0 Å². The molecular formula is C21H28N4O2. The Kier molecular flexibility index (Phi) is 6.76. The zero-order valence-corrected chi connectivity index (χ0v) is 16.1. The molecule has 0 saturated carbocycles. The average molecular weight is 368 g/mol. The normalized spacial score (nSPS) is 16.1. The molecule has 0 aliphatic carbocycles. The van der Waals surface area contributed by atoms with E-state index in [-0.39, 0.29) is 18.2 Å². The molecule has 3 rings (SSSR count). The minimum absolute atomic E-state index is 0.0177. The number of likely N-dealkylation sites (tertiary alicyclic amines) is 1. The second-order valence-corrected chi connectivity index (χ2v) is 7.03. The van der Waals surface area contributed by atoms with E-state index in [0.29, 0.717) is 19.7 Å². The third-order valence-electron chi connectivity index (χ3n) is 4.94. The molecule has 144 valence electrons. The van der Waals surface area contributed by atoms with Crippen molar-refractivity contribution in [3.05, 3.63) is 59.7 Å². The summed E-state index contributed by atoms with van der Waals surface area (Å²) in [7, 11) is 0. The molecule has 1 atom stereocenters. The molecule has 1 aliphatic rings. The number of aromatic nitrogens is 2. The van der Waals surface area contributed by atoms with E-state index in [2.05, 4.69) is 22.2 Å². The lowest BCUT2D eigenvalue weighted by Crippen LogP contribution is -2.46. The summed E-state index contributed by atoms with van der Waals surface area (Å²) in [6.07, 6.45) is 8.09. The molecule has 1 fully saturated rings. The third kappa shape index (κ3) is 5.50. The molecule has 0 unspecified atom stereocenters. The number of rotatable bonds is 6. The Morgan fingerprint density at radius 2 is 2.15 bits per heavy atom. The minimum Gasteiger partial charge on any atom is -0.373 e. The molecule has 0 spiro atoms. The van der Waals surface area contributed by atoms with Crippen LogP contribution in [0.3, 0.4) is 0 Å². The number of amides is 2. The fourth-order valence-electron chi connectivity index (χ4n) is 3.30. The summed E-state index contributed by atoms with van der Waals surface area (Å²) in [6, 6.07) is 7.85. The molecule has 0 bridgehead atoms. The van der Waals surface area contributed by atoms with Crippen molar-refractivity contribution in [3.63, 3.8) is 0 Å². The fourth-order valence-corrected chi connectivity index (χ4v) is 3.30. The highest BCUT2D eigenvalue weighted by molar-refractivity contribution is 5.74. The van der Waals surface area contributed by atoms with Gasteiger partial charge in [-0.2, -0.15) is 0 Å². The van der Waals surface area contributed by atoms with Gasteiger partial charge in [0.2, 0.25) is 0 Å². The number of hydrogen-bond acceptors (Lipinski definition) is 4. The third-order valence-corrected chi connectivity index (χ3v) is 4.94. The first kappa shape index (κ1) is 19.3. The monoisotopic (exact) mass is 368 g/mol. The van der Waals surface area contributed by atoms with Gasteiger partial charge in [-0.25, -0.2) is 4.79 Å². The van der Waals surface area contributed by atoms with Crippen LogP contribution >= 0.6 is 0 Å². The molecule has 2 aromatic rings. The van der Waals surface area contributed by atoms with Gasteiger partial charge in [0.1, 0.15) is 0 Å². The lowest BCUT2D eigenvalue weighted by molar-refractivity contribution is 0.00416. The van der Waals surface area contributed by atoms with Crippen molar-refractivity contribution in [1.29, 1.82) is 0 Å². The Morgan fingerprint density at radius 3 is 2.81 bits per heavy atom. The predicted molar refractivity (Wildman–Crippen MR) is 104 cm³/mol. The van der Waals surface area contributed by atoms with Gasteiger partial charge in [-0.15, -0.1) is 0 Å². The molecule has 6 nitrogen and oxygen atoms in total. The summed E-state index contributed by atoms with van der Waals surface area (Å²) in [4.78, 5) is 23.0. The van der Waals surface area contributed by atoms with Gasteiger partial charge in [-0.3, -0.25) is 9.97 Å². The first-order valence-corrected chi connectivity index (χ1v) is 9.64. The van der Waals surface area contributed by atoms with Gasteiger partial charge in [0.15, 0.2) is 0 Å². The lowest BCUT2D eigenvalue weighted by Gasteiger charge is -2.33. The molecule has 6 heteroatoms. The number of urea groups is 1. The predicted octanol–water partition coefficient (Wildman–Crippen LogP) is 3.63. The quantitative estimate of drug-likeness (QED) is 0.845. The van der Waals surface area contributed by atoms with Crippen molar-refractivity contribution >= 4 is 6.03 Å². The smallest absolute Gasteiger partial charge is 0.317 e. The summed E-state index contributed by atoms with van der Waals surface area (Å²) in [5.41, 5.74) is 3.15. The number of piperidine rings is 1. The van der Waals surface area contributed by atoms with Crippen LogP contribution < -0.4 is 5.32 Å². The molecule has 3 heterocycles. The van der Waals surface area contributed by atoms with Crippen molar-refractivity contribution in [2.24, 2.45) is 0 Å². The van der Waals surface area contributed by atoms with Gasteiger partial charge in [-0.1, -0.05) is 13.0 Å². The van der Waals surface area contributed by atoms with Crippen LogP contribution in [0.4, 0.5) is 4.79 Å². The number of nitrogens with one attached hydrogen (secondary N) is 1. The number of hydrogen-bond donors (Lipinski definition) is 1. The van der Waals surface area contributed by atoms with Gasteiger partial charge in [0, 0.05) is 31.7 Å². The lowest BCUT2D eigenvalue weighted by atomic mass is 10.1. The average Bonchev–Trinajstić information content (AvgIpc) is 2.71. The molecule has 0 aromatic carbocycles. The number of carbonyl (C=O) groups excluding carboxylic acids is 1. The highest BCUT2D eigenvalue weighted by Gasteiger charge is 2.25. The van der Waals surface area contributed by atoms with Crippen molar-refractivity contribution < 1.29 is 9.53 Å². The standard InChI is InChI=1S/C21H28N4O2/c1-3-19(20-13-16(2)6-10-23-20)24-21(26)25-11-7-18(8-12-25)27-15-17-5-4-9-22-14-17/h4-6,9-10,13-14,18-19H,3,7-8,11-12,15H2,1-2H3,(H,24,26)/t19-/m1/s1. The van der Waals surface area contributed by atoms with Gasteiger partial charge in [-0.05, 0) is 55.5 Å². The van der Waals surface area contributed by atoms with Gasteiger partial charge in [0.25, 0.3) is 0 Å².